The van der Waals surface area contributed by atoms with Crippen molar-refractivity contribution in [3.8, 4) is 11.5 Å². The molecule has 200 valence electrons. The lowest BCUT2D eigenvalue weighted by molar-refractivity contribution is -0.113. The summed E-state index contributed by atoms with van der Waals surface area (Å²) >= 11 is 7.83. The maximum atomic E-state index is 13.8. The van der Waals surface area contributed by atoms with Gasteiger partial charge in [-0.15, -0.1) is 5.10 Å². The van der Waals surface area contributed by atoms with Crippen molar-refractivity contribution in [3.63, 3.8) is 0 Å². The highest BCUT2D eigenvalue weighted by Gasteiger charge is 2.36. The molecule has 1 amide bonds. The van der Waals surface area contributed by atoms with E-state index in [0.717, 1.165) is 22.4 Å². The summed E-state index contributed by atoms with van der Waals surface area (Å²) in [6.07, 6.45) is 0. The van der Waals surface area contributed by atoms with E-state index in [-0.39, 0.29) is 5.91 Å². The number of ether oxygens (including phenoxy) is 2. The summed E-state index contributed by atoms with van der Waals surface area (Å²) in [7, 11) is 3.19. The van der Waals surface area contributed by atoms with Gasteiger partial charge in [0.25, 0.3) is 5.91 Å². The molecule has 1 atom stereocenters. The fraction of sp³-hybridized carbons (Fsp3) is 0.207. The first-order valence-corrected chi connectivity index (χ1v) is 13.7. The zero-order chi connectivity index (χ0) is 27.5. The van der Waals surface area contributed by atoms with E-state index in [0.29, 0.717) is 44.6 Å². The minimum atomic E-state index is -0.603. The van der Waals surface area contributed by atoms with E-state index in [9.17, 15) is 4.79 Å². The number of carbonyl (C=O) groups excluding carboxylic acids is 1. The van der Waals surface area contributed by atoms with E-state index in [1.807, 2.05) is 74.5 Å². The molecule has 8 nitrogen and oxygen atoms in total. The molecule has 1 aliphatic rings. The molecule has 1 unspecified atom stereocenters. The number of nitrogens with one attached hydrogen (secondary N) is 2. The van der Waals surface area contributed by atoms with Crippen LogP contribution >= 0.6 is 23.4 Å². The second kappa shape index (κ2) is 11.4. The minimum absolute atomic E-state index is 0.247. The molecule has 39 heavy (non-hydrogen) atoms. The lowest BCUT2D eigenvalue weighted by atomic mass is 9.94. The number of nitrogens with zero attached hydrogens (tertiary/aromatic N) is 3. The van der Waals surface area contributed by atoms with E-state index in [4.69, 9.17) is 31.2 Å². The van der Waals surface area contributed by atoms with Crippen molar-refractivity contribution in [1.82, 2.24) is 14.8 Å². The van der Waals surface area contributed by atoms with Crippen LogP contribution in [-0.4, -0.2) is 34.9 Å². The molecule has 0 saturated heterocycles. The Morgan fingerprint density at radius 1 is 1.08 bits per heavy atom. The average Bonchev–Trinajstić information content (AvgIpc) is 3.35. The Morgan fingerprint density at radius 2 is 1.85 bits per heavy atom. The topological polar surface area (TPSA) is 90.3 Å². The number of allylic oxidation sites excluding steroid dienone is 1. The molecule has 0 fully saturated rings. The Kier molecular flexibility index (Phi) is 7.81. The first-order valence-electron chi connectivity index (χ1n) is 12.3. The summed E-state index contributed by atoms with van der Waals surface area (Å²) in [5.74, 6) is 2.10. The SMILES string of the molecule is COc1ccc(C2C(C(=O)Nc3ccccc3C)=C(C)Nc3nc(SCc4ccccc4Cl)nn32)c(OC)c1. The van der Waals surface area contributed by atoms with Crippen molar-refractivity contribution < 1.29 is 14.3 Å². The van der Waals surface area contributed by atoms with Crippen LogP contribution in [0.15, 0.2) is 83.2 Å². The zero-order valence-electron chi connectivity index (χ0n) is 22.0. The molecule has 1 aromatic heterocycles. The van der Waals surface area contributed by atoms with Crippen molar-refractivity contribution in [2.75, 3.05) is 24.9 Å². The number of thioether (sulfide) groups is 1. The number of halogens is 1. The number of anilines is 2. The largest absolute Gasteiger partial charge is 0.497 e. The second-order valence-electron chi connectivity index (χ2n) is 8.99. The zero-order valence-corrected chi connectivity index (χ0v) is 23.6. The summed E-state index contributed by atoms with van der Waals surface area (Å²) in [5.41, 5.74) is 4.62. The van der Waals surface area contributed by atoms with Crippen LogP contribution in [0.4, 0.5) is 11.6 Å². The Labute approximate surface area is 236 Å². The number of fused-ring (bicyclic) bond motifs is 1. The quantitative estimate of drug-likeness (QED) is 0.238. The van der Waals surface area contributed by atoms with Crippen LogP contribution in [0.1, 0.15) is 29.7 Å². The van der Waals surface area contributed by atoms with E-state index in [1.54, 1.807) is 25.0 Å². The van der Waals surface area contributed by atoms with Gasteiger partial charge in [-0.05, 0) is 49.2 Å². The highest BCUT2D eigenvalue weighted by molar-refractivity contribution is 7.98. The number of aromatic nitrogens is 3. The molecule has 1 aliphatic heterocycles. The van der Waals surface area contributed by atoms with Gasteiger partial charge in [-0.25, -0.2) is 4.68 Å². The van der Waals surface area contributed by atoms with Gasteiger partial charge in [0.2, 0.25) is 11.1 Å². The van der Waals surface area contributed by atoms with Gasteiger partial charge in [0.05, 0.1) is 19.8 Å². The number of para-hydroxylation sites is 1. The van der Waals surface area contributed by atoms with Crippen LogP contribution in [-0.2, 0) is 10.5 Å². The molecule has 4 aromatic rings. The van der Waals surface area contributed by atoms with Crippen LogP contribution in [0.5, 0.6) is 11.5 Å². The predicted molar refractivity (Wildman–Crippen MR) is 155 cm³/mol. The Balaban J connectivity index is 1.56. The standard InChI is InChI=1S/C29H28ClN5O3S/c1-17-9-5-8-12-23(17)32-27(36)25-18(2)31-28-33-29(39-16-19-10-6-7-11-22(19)30)34-35(28)26(25)21-14-13-20(37-3)15-24(21)38-4/h5-15,26H,16H2,1-4H3,(H,32,36)(H,31,33,34). The van der Waals surface area contributed by atoms with Gasteiger partial charge < -0.3 is 20.1 Å². The van der Waals surface area contributed by atoms with Gasteiger partial charge >= 0.3 is 0 Å². The lowest BCUT2D eigenvalue weighted by Crippen LogP contribution is -2.32. The van der Waals surface area contributed by atoms with Crippen molar-refractivity contribution in [1.29, 1.82) is 0 Å². The maximum absolute atomic E-state index is 13.8. The summed E-state index contributed by atoms with van der Waals surface area (Å²) in [5, 5.41) is 12.4. The van der Waals surface area contributed by atoms with Crippen molar-refractivity contribution in [2.45, 2.75) is 30.8 Å². The van der Waals surface area contributed by atoms with Crippen LogP contribution in [0.3, 0.4) is 0 Å². The summed E-state index contributed by atoms with van der Waals surface area (Å²) in [4.78, 5) is 18.6. The molecule has 0 bridgehead atoms. The fourth-order valence-corrected chi connectivity index (χ4v) is 5.59. The molecule has 3 aromatic carbocycles. The number of methoxy groups -OCH3 is 2. The van der Waals surface area contributed by atoms with E-state index >= 15 is 0 Å². The van der Waals surface area contributed by atoms with E-state index < -0.39 is 6.04 Å². The first kappa shape index (κ1) is 26.6. The normalized spacial score (nSPS) is 14.4. The number of rotatable bonds is 8. The number of benzene rings is 3. The Bertz CT molecular complexity index is 1570. The van der Waals surface area contributed by atoms with Gasteiger partial charge in [0, 0.05) is 33.8 Å². The van der Waals surface area contributed by atoms with Gasteiger partial charge in [0.1, 0.15) is 17.5 Å². The summed E-state index contributed by atoms with van der Waals surface area (Å²) in [6.45, 7) is 3.82. The van der Waals surface area contributed by atoms with Gasteiger partial charge in [-0.2, -0.15) is 4.98 Å². The van der Waals surface area contributed by atoms with Crippen LogP contribution in [0.2, 0.25) is 5.02 Å². The van der Waals surface area contributed by atoms with Crippen molar-refractivity contribution >= 4 is 40.9 Å². The second-order valence-corrected chi connectivity index (χ2v) is 10.3. The molecule has 0 spiro atoms. The molecule has 2 heterocycles. The molecule has 10 heteroatoms. The summed E-state index contributed by atoms with van der Waals surface area (Å²) < 4.78 is 12.9. The molecule has 2 N–H and O–H groups in total. The third-order valence-electron chi connectivity index (χ3n) is 6.52. The van der Waals surface area contributed by atoms with E-state index in [1.165, 1.54) is 11.8 Å². The first-order chi connectivity index (χ1) is 18.9. The Morgan fingerprint density at radius 3 is 2.59 bits per heavy atom. The van der Waals surface area contributed by atoms with Gasteiger partial charge in [-0.1, -0.05) is 59.8 Å². The monoisotopic (exact) mass is 561 g/mol. The third kappa shape index (κ3) is 5.46. The maximum Gasteiger partial charge on any atom is 0.255 e. The highest BCUT2D eigenvalue weighted by Crippen LogP contribution is 2.41. The molecular formula is C29H28ClN5O3S. The van der Waals surface area contributed by atoms with Crippen molar-refractivity contribution in [2.24, 2.45) is 0 Å². The van der Waals surface area contributed by atoms with Crippen LogP contribution in [0, 0.1) is 6.92 Å². The van der Waals surface area contributed by atoms with Gasteiger partial charge in [0.15, 0.2) is 0 Å². The molecule has 0 aliphatic carbocycles. The number of hydrogen-bond acceptors (Lipinski definition) is 7. The Hall–Kier alpha value is -3.95. The third-order valence-corrected chi connectivity index (χ3v) is 7.78. The molecule has 0 radical (unpaired) electrons. The molecule has 0 saturated carbocycles. The average molecular weight is 562 g/mol. The number of aryl methyl sites for hydroxylation is 1. The number of amides is 1. The molecular weight excluding hydrogens is 534 g/mol. The highest BCUT2D eigenvalue weighted by atomic mass is 35.5. The van der Waals surface area contributed by atoms with Crippen LogP contribution in [0.25, 0.3) is 0 Å². The number of carbonyl (C=O) groups is 1. The van der Waals surface area contributed by atoms with Crippen LogP contribution < -0.4 is 20.1 Å². The fourth-order valence-electron chi connectivity index (χ4n) is 4.48. The minimum Gasteiger partial charge on any atom is -0.497 e. The van der Waals surface area contributed by atoms with Crippen molar-refractivity contribution in [3.05, 3.63) is 99.7 Å². The number of hydrogen-bond donors (Lipinski definition) is 2. The lowest BCUT2D eigenvalue weighted by Gasteiger charge is -2.29. The predicted octanol–water partition coefficient (Wildman–Crippen LogP) is 6.48. The summed E-state index contributed by atoms with van der Waals surface area (Å²) in [6, 6.07) is 20.3. The van der Waals surface area contributed by atoms with Gasteiger partial charge in [-0.3, -0.25) is 4.79 Å². The van der Waals surface area contributed by atoms with E-state index in [2.05, 4.69) is 10.6 Å². The smallest absolute Gasteiger partial charge is 0.255 e. The molecule has 5 rings (SSSR count).